The standard InChI is InChI=1S/C22H16F2/c23-21(15-17-7-3-1-4-8-17)19-11-13-20(14-12-19)22(24)16-18-9-5-2-6-10-18/h1-16H/b21-15-,22-16-. The Morgan fingerprint density at radius 3 is 1.17 bits per heavy atom. The first-order chi connectivity index (χ1) is 11.7. The molecule has 2 heteroatoms. The zero-order valence-electron chi connectivity index (χ0n) is 13.0. The van der Waals surface area contributed by atoms with Gasteiger partial charge in [-0.1, -0.05) is 84.9 Å². The van der Waals surface area contributed by atoms with E-state index in [0.29, 0.717) is 11.1 Å². The van der Waals surface area contributed by atoms with E-state index in [2.05, 4.69) is 0 Å². The van der Waals surface area contributed by atoms with Crippen molar-refractivity contribution < 1.29 is 8.78 Å². The monoisotopic (exact) mass is 318 g/mol. The molecule has 0 saturated carbocycles. The van der Waals surface area contributed by atoms with Crippen LogP contribution in [-0.2, 0) is 0 Å². The van der Waals surface area contributed by atoms with Crippen molar-refractivity contribution in [3.05, 3.63) is 107 Å². The van der Waals surface area contributed by atoms with Crippen molar-refractivity contribution in [1.82, 2.24) is 0 Å². The van der Waals surface area contributed by atoms with Crippen LogP contribution in [-0.4, -0.2) is 0 Å². The number of halogens is 2. The molecule has 0 radical (unpaired) electrons. The maximum Gasteiger partial charge on any atom is 0.131 e. The maximum absolute atomic E-state index is 14.3. The Kier molecular flexibility index (Phi) is 4.97. The first-order valence-corrected chi connectivity index (χ1v) is 7.68. The number of hydrogen-bond acceptors (Lipinski definition) is 0. The van der Waals surface area contributed by atoms with E-state index in [-0.39, 0.29) is 11.7 Å². The van der Waals surface area contributed by atoms with Crippen molar-refractivity contribution in [2.75, 3.05) is 0 Å². The molecule has 0 aliphatic heterocycles. The van der Waals surface area contributed by atoms with Crippen molar-refractivity contribution >= 4 is 23.8 Å². The lowest BCUT2D eigenvalue weighted by Crippen LogP contribution is -1.83. The van der Waals surface area contributed by atoms with Gasteiger partial charge >= 0.3 is 0 Å². The highest BCUT2D eigenvalue weighted by Crippen LogP contribution is 2.24. The second kappa shape index (κ2) is 7.51. The normalized spacial score (nSPS) is 12.2. The first kappa shape index (κ1) is 15.9. The van der Waals surface area contributed by atoms with E-state index in [0.717, 1.165) is 11.1 Å². The van der Waals surface area contributed by atoms with Gasteiger partial charge in [-0.05, 0) is 23.3 Å². The van der Waals surface area contributed by atoms with Crippen LogP contribution in [0, 0.1) is 0 Å². The summed E-state index contributed by atoms with van der Waals surface area (Å²) in [6, 6.07) is 24.8. The van der Waals surface area contributed by atoms with Crippen LogP contribution in [0.3, 0.4) is 0 Å². The van der Waals surface area contributed by atoms with Gasteiger partial charge in [-0.2, -0.15) is 0 Å². The van der Waals surface area contributed by atoms with Crippen LogP contribution < -0.4 is 0 Å². The molecule has 0 saturated heterocycles. The van der Waals surface area contributed by atoms with Crippen LogP contribution >= 0.6 is 0 Å². The molecule has 0 aliphatic carbocycles. The molecule has 0 aliphatic rings. The predicted molar refractivity (Wildman–Crippen MR) is 97.3 cm³/mol. The Morgan fingerprint density at radius 2 is 0.833 bits per heavy atom. The van der Waals surface area contributed by atoms with Gasteiger partial charge in [0.2, 0.25) is 0 Å². The molecule has 3 aromatic rings. The van der Waals surface area contributed by atoms with Gasteiger partial charge in [-0.3, -0.25) is 0 Å². The molecule has 0 N–H and O–H groups in total. The largest absolute Gasteiger partial charge is 0.206 e. The molecule has 0 aromatic heterocycles. The lowest BCUT2D eigenvalue weighted by molar-refractivity contribution is 0.761. The lowest BCUT2D eigenvalue weighted by Gasteiger charge is -2.02. The van der Waals surface area contributed by atoms with Crippen LogP contribution in [0.25, 0.3) is 23.8 Å². The Bertz CT molecular complexity index is 771. The molecule has 24 heavy (non-hydrogen) atoms. The third-order valence-electron chi connectivity index (χ3n) is 3.62. The minimum absolute atomic E-state index is 0.347. The van der Waals surface area contributed by atoms with Crippen molar-refractivity contribution in [2.45, 2.75) is 0 Å². The zero-order valence-corrected chi connectivity index (χ0v) is 13.0. The summed E-state index contributed by atoms with van der Waals surface area (Å²) in [5.74, 6) is -0.694. The molecular formula is C22H16F2. The van der Waals surface area contributed by atoms with Crippen LogP contribution in [0.1, 0.15) is 22.3 Å². The van der Waals surface area contributed by atoms with Gasteiger partial charge in [0.1, 0.15) is 11.7 Å². The van der Waals surface area contributed by atoms with Gasteiger partial charge in [-0.15, -0.1) is 0 Å². The summed E-state index contributed by atoms with van der Waals surface area (Å²) >= 11 is 0. The third kappa shape index (κ3) is 4.05. The Hall–Kier alpha value is -3.00. The average molecular weight is 318 g/mol. The minimum Gasteiger partial charge on any atom is -0.206 e. The first-order valence-electron chi connectivity index (χ1n) is 7.68. The maximum atomic E-state index is 14.3. The molecule has 0 amide bonds. The van der Waals surface area contributed by atoms with E-state index < -0.39 is 0 Å². The number of benzene rings is 3. The lowest BCUT2D eigenvalue weighted by atomic mass is 10.1. The Labute approximate surface area is 140 Å². The molecule has 0 heterocycles. The number of rotatable bonds is 4. The molecular weight excluding hydrogens is 302 g/mol. The second-order valence-corrected chi connectivity index (χ2v) is 5.38. The Morgan fingerprint density at radius 1 is 0.500 bits per heavy atom. The van der Waals surface area contributed by atoms with Crippen LogP contribution in [0.15, 0.2) is 84.9 Å². The van der Waals surface area contributed by atoms with Crippen molar-refractivity contribution in [3.8, 4) is 0 Å². The van der Waals surface area contributed by atoms with E-state index in [1.54, 1.807) is 24.3 Å². The quantitative estimate of drug-likeness (QED) is 0.474. The van der Waals surface area contributed by atoms with E-state index in [1.807, 2.05) is 60.7 Å². The van der Waals surface area contributed by atoms with Crippen molar-refractivity contribution in [1.29, 1.82) is 0 Å². The van der Waals surface area contributed by atoms with E-state index in [1.165, 1.54) is 12.2 Å². The summed E-state index contributed by atoms with van der Waals surface area (Å²) < 4.78 is 28.5. The van der Waals surface area contributed by atoms with Gasteiger partial charge in [0, 0.05) is 11.1 Å². The third-order valence-corrected chi connectivity index (χ3v) is 3.62. The molecule has 118 valence electrons. The fourth-order valence-electron chi connectivity index (χ4n) is 2.35. The highest BCUT2D eigenvalue weighted by molar-refractivity contribution is 5.80. The molecule has 0 unspecified atom stereocenters. The number of hydrogen-bond donors (Lipinski definition) is 0. The van der Waals surface area contributed by atoms with Gasteiger partial charge in [0.05, 0.1) is 0 Å². The highest BCUT2D eigenvalue weighted by atomic mass is 19.1. The van der Waals surface area contributed by atoms with Gasteiger partial charge in [-0.25, -0.2) is 8.78 Å². The van der Waals surface area contributed by atoms with Gasteiger partial charge < -0.3 is 0 Å². The summed E-state index contributed by atoms with van der Waals surface area (Å²) in [4.78, 5) is 0. The summed E-state index contributed by atoms with van der Waals surface area (Å²) in [6.07, 6.45) is 2.93. The molecule has 3 aromatic carbocycles. The topological polar surface area (TPSA) is 0 Å². The summed E-state index contributed by atoms with van der Waals surface area (Å²) in [6.45, 7) is 0. The van der Waals surface area contributed by atoms with Crippen molar-refractivity contribution in [2.24, 2.45) is 0 Å². The molecule has 0 nitrogen and oxygen atoms in total. The molecule has 3 rings (SSSR count). The molecule has 0 atom stereocenters. The second-order valence-electron chi connectivity index (χ2n) is 5.38. The fraction of sp³-hybridized carbons (Fsp3) is 0. The van der Waals surface area contributed by atoms with Crippen molar-refractivity contribution in [3.63, 3.8) is 0 Å². The smallest absolute Gasteiger partial charge is 0.131 e. The van der Waals surface area contributed by atoms with E-state index in [9.17, 15) is 8.78 Å². The average Bonchev–Trinajstić information content (AvgIpc) is 2.63. The fourth-order valence-corrected chi connectivity index (χ4v) is 2.35. The SMILES string of the molecule is F/C(=C\c1ccccc1)c1ccc(/C(F)=C/c2ccccc2)cc1. The molecule has 0 fully saturated rings. The van der Waals surface area contributed by atoms with Crippen LogP contribution in [0.2, 0.25) is 0 Å². The summed E-state index contributed by atoms with van der Waals surface area (Å²) in [5.41, 5.74) is 2.42. The Balaban J connectivity index is 1.80. The summed E-state index contributed by atoms with van der Waals surface area (Å²) in [7, 11) is 0. The predicted octanol–water partition coefficient (Wildman–Crippen LogP) is 6.62. The summed E-state index contributed by atoms with van der Waals surface area (Å²) in [5, 5.41) is 0. The van der Waals surface area contributed by atoms with Crippen LogP contribution in [0.4, 0.5) is 8.78 Å². The van der Waals surface area contributed by atoms with E-state index in [4.69, 9.17) is 0 Å². The molecule has 0 spiro atoms. The molecule has 0 bridgehead atoms. The minimum atomic E-state index is -0.347. The highest BCUT2D eigenvalue weighted by Gasteiger charge is 2.04. The van der Waals surface area contributed by atoms with E-state index >= 15 is 0 Å². The van der Waals surface area contributed by atoms with Crippen LogP contribution in [0.5, 0.6) is 0 Å². The zero-order chi connectivity index (χ0) is 16.8. The van der Waals surface area contributed by atoms with Gasteiger partial charge in [0.15, 0.2) is 0 Å². The van der Waals surface area contributed by atoms with Gasteiger partial charge in [0.25, 0.3) is 0 Å².